The standard InChI is InChI=1S/C15H17NO4S/c17-11-3-1-2-9(6-11)7-13(18)16-12(15(19)20)8-21-14(16)10-4-5-10/h1-3,6,10,12,14,17H,4-5,7-8H2,(H,19,20). The quantitative estimate of drug-likeness (QED) is 0.885. The third kappa shape index (κ3) is 3.00. The van der Waals surface area contributed by atoms with Crippen molar-refractivity contribution in [2.45, 2.75) is 30.7 Å². The lowest BCUT2D eigenvalue weighted by atomic mass is 10.1. The minimum atomic E-state index is -0.935. The average Bonchev–Trinajstić information content (AvgIpc) is 3.16. The molecule has 5 nitrogen and oxygen atoms in total. The number of carboxylic acids is 1. The molecule has 1 amide bonds. The smallest absolute Gasteiger partial charge is 0.327 e. The molecule has 0 aromatic heterocycles. The summed E-state index contributed by atoms with van der Waals surface area (Å²) in [4.78, 5) is 25.5. The summed E-state index contributed by atoms with van der Waals surface area (Å²) in [6.07, 6.45) is 2.27. The van der Waals surface area contributed by atoms with Crippen molar-refractivity contribution in [2.24, 2.45) is 5.92 Å². The highest BCUT2D eigenvalue weighted by Crippen LogP contribution is 2.45. The number of carbonyl (C=O) groups excluding carboxylic acids is 1. The fourth-order valence-corrected chi connectivity index (χ4v) is 4.36. The molecular formula is C15H17NO4S. The van der Waals surface area contributed by atoms with Gasteiger partial charge in [-0.15, -0.1) is 11.8 Å². The highest BCUT2D eigenvalue weighted by molar-refractivity contribution is 8.00. The molecule has 21 heavy (non-hydrogen) atoms. The van der Waals surface area contributed by atoms with E-state index >= 15 is 0 Å². The molecular weight excluding hydrogens is 290 g/mol. The summed E-state index contributed by atoms with van der Waals surface area (Å²) in [5.41, 5.74) is 0.704. The monoisotopic (exact) mass is 307 g/mol. The van der Waals surface area contributed by atoms with Crippen LogP contribution in [0.5, 0.6) is 5.75 Å². The molecule has 1 aromatic rings. The van der Waals surface area contributed by atoms with Crippen molar-refractivity contribution in [3.8, 4) is 5.75 Å². The summed E-state index contributed by atoms with van der Waals surface area (Å²) in [7, 11) is 0. The van der Waals surface area contributed by atoms with Gasteiger partial charge in [0, 0.05) is 5.75 Å². The van der Waals surface area contributed by atoms with E-state index in [1.54, 1.807) is 40.9 Å². The Bertz CT molecular complexity index is 573. The first kappa shape index (κ1) is 14.3. The van der Waals surface area contributed by atoms with Gasteiger partial charge in [-0.25, -0.2) is 4.79 Å². The van der Waals surface area contributed by atoms with Crippen LogP contribution in [0.4, 0.5) is 0 Å². The van der Waals surface area contributed by atoms with Gasteiger partial charge in [-0.3, -0.25) is 4.79 Å². The van der Waals surface area contributed by atoms with Gasteiger partial charge in [0.2, 0.25) is 5.91 Å². The van der Waals surface area contributed by atoms with Gasteiger partial charge >= 0.3 is 5.97 Å². The van der Waals surface area contributed by atoms with Crippen molar-refractivity contribution in [1.29, 1.82) is 0 Å². The zero-order chi connectivity index (χ0) is 15.0. The molecule has 6 heteroatoms. The van der Waals surface area contributed by atoms with Gasteiger partial charge in [0.15, 0.2) is 0 Å². The predicted molar refractivity (Wildman–Crippen MR) is 79.1 cm³/mol. The topological polar surface area (TPSA) is 77.8 Å². The van der Waals surface area contributed by atoms with Crippen LogP contribution in [0, 0.1) is 5.92 Å². The third-order valence-electron chi connectivity index (χ3n) is 3.90. The summed E-state index contributed by atoms with van der Waals surface area (Å²) in [5, 5.41) is 18.8. The van der Waals surface area contributed by atoms with E-state index < -0.39 is 12.0 Å². The summed E-state index contributed by atoms with van der Waals surface area (Å²) in [5.74, 6) is -0.0932. The van der Waals surface area contributed by atoms with E-state index in [9.17, 15) is 19.8 Å². The molecule has 0 bridgehead atoms. The number of aromatic hydroxyl groups is 1. The fraction of sp³-hybridized carbons (Fsp3) is 0.467. The SMILES string of the molecule is O=C(O)C1CSC(C2CC2)N1C(=O)Cc1cccc(O)c1. The van der Waals surface area contributed by atoms with Crippen LogP contribution in [0.25, 0.3) is 0 Å². The number of phenols is 1. The first-order valence-corrected chi connectivity index (χ1v) is 8.04. The number of benzene rings is 1. The number of aliphatic carboxylic acids is 1. The second-order valence-electron chi connectivity index (χ2n) is 5.56. The molecule has 1 aliphatic carbocycles. The molecule has 0 spiro atoms. The molecule has 1 aromatic carbocycles. The minimum Gasteiger partial charge on any atom is -0.508 e. The molecule has 3 rings (SSSR count). The Balaban J connectivity index is 1.77. The van der Waals surface area contributed by atoms with Crippen LogP contribution in [-0.4, -0.2) is 44.2 Å². The molecule has 1 aliphatic heterocycles. The summed E-state index contributed by atoms with van der Waals surface area (Å²) in [6, 6.07) is 5.81. The van der Waals surface area contributed by atoms with Crippen LogP contribution < -0.4 is 0 Å². The Morgan fingerprint density at radius 3 is 2.71 bits per heavy atom. The van der Waals surface area contributed by atoms with Gasteiger partial charge in [-0.2, -0.15) is 0 Å². The highest BCUT2D eigenvalue weighted by atomic mass is 32.2. The van der Waals surface area contributed by atoms with E-state index in [2.05, 4.69) is 0 Å². The van der Waals surface area contributed by atoms with Crippen molar-refractivity contribution in [3.63, 3.8) is 0 Å². The fourth-order valence-electron chi connectivity index (χ4n) is 2.71. The molecule has 2 N–H and O–H groups in total. The first-order valence-electron chi connectivity index (χ1n) is 7.00. The Morgan fingerprint density at radius 2 is 2.10 bits per heavy atom. The molecule has 112 valence electrons. The van der Waals surface area contributed by atoms with Crippen molar-refractivity contribution in [1.82, 2.24) is 4.90 Å². The molecule has 2 aliphatic rings. The van der Waals surface area contributed by atoms with Crippen LogP contribution in [0.2, 0.25) is 0 Å². The molecule has 1 saturated heterocycles. The molecule has 1 saturated carbocycles. The number of phenolic OH excluding ortho intramolecular Hbond substituents is 1. The first-order chi connectivity index (χ1) is 10.1. The van der Waals surface area contributed by atoms with Crippen LogP contribution >= 0.6 is 11.8 Å². The number of amides is 1. The maximum absolute atomic E-state index is 12.6. The normalized spacial score (nSPS) is 25.0. The summed E-state index contributed by atoms with van der Waals surface area (Å²) >= 11 is 1.57. The maximum Gasteiger partial charge on any atom is 0.327 e. The van der Waals surface area contributed by atoms with Gasteiger partial charge in [-0.1, -0.05) is 12.1 Å². The lowest BCUT2D eigenvalue weighted by molar-refractivity contribution is -0.149. The van der Waals surface area contributed by atoms with E-state index in [0.29, 0.717) is 17.2 Å². The Labute approximate surface area is 126 Å². The number of hydrogen-bond donors (Lipinski definition) is 2. The summed E-state index contributed by atoms with van der Waals surface area (Å²) in [6.45, 7) is 0. The lowest BCUT2D eigenvalue weighted by Crippen LogP contribution is -2.46. The number of carboxylic acid groups (broad SMARTS) is 1. The molecule has 0 radical (unpaired) electrons. The highest BCUT2D eigenvalue weighted by Gasteiger charge is 2.47. The second kappa shape index (κ2) is 5.60. The van der Waals surface area contributed by atoms with Crippen molar-refractivity contribution < 1.29 is 19.8 Å². The van der Waals surface area contributed by atoms with Crippen LogP contribution in [-0.2, 0) is 16.0 Å². The van der Waals surface area contributed by atoms with Crippen molar-refractivity contribution in [3.05, 3.63) is 29.8 Å². The molecule has 2 unspecified atom stereocenters. The number of carbonyl (C=O) groups is 2. The van der Waals surface area contributed by atoms with Crippen molar-refractivity contribution in [2.75, 3.05) is 5.75 Å². The molecule has 2 atom stereocenters. The van der Waals surface area contributed by atoms with Gasteiger partial charge in [0.05, 0.1) is 11.8 Å². The Kier molecular flexibility index (Phi) is 3.80. The predicted octanol–water partition coefficient (Wildman–Crippen LogP) is 1.70. The van der Waals surface area contributed by atoms with Gasteiger partial charge in [0.1, 0.15) is 11.8 Å². The van der Waals surface area contributed by atoms with Crippen LogP contribution in [0.15, 0.2) is 24.3 Å². The molecule has 1 heterocycles. The van der Waals surface area contributed by atoms with E-state index in [-0.39, 0.29) is 23.5 Å². The lowest BCUT2D eigenvalue weighted by Gasteiger charge is -2.27. The van der Waals surface area contributed by atoms with E-state index in [1.807, 2.05) is 0 Å². The largest absolute Gasteiger partial charge is 0.508 e. The second-order valence-corrected chi connectivity index (χ2v) is 6.71. The average molecular weight is 307 g/mol. The van der Waals surface area contributed by atoms with Crippen LogP contribution in [0.1, 0.15) is 18.4 Å². The minimum absolute atomic E-state index is 0.00379. The summed E-state index contributed by atoms with van der Waals surface area (Å²) < 4.78 is 0. The van der Waals surface area contributed by atoms with Gasteiger partial charge in [-0.05, 0) is 36.5 Å². The number of nitrogens with zero attached hydrogens (tertiary/aromatic N) is 1. The zero-order valence-corrected chi connectivity index (χ0v) is 12.3. The van der Waals surface area contributed by atoms with Gasteiger partial charge in [0.25, 0.3) is 0 Å². The number of thioether (sulfide) groups is 1. The maximum atomic E-state index is 12.6. The van der Waals surface area contributed by atoms with Crippen molar-refractivity contribution >= 4 is 23.6 Å². The van der Waals surface area contributed by atoms with E-state index in [1.165, 1.54) is 0 Å². The molecule has 2 fully saturated rings. The van der Waals surface area contributed by atoms with E-state index in [4.69, 9.17) is 0 Å². The third-order valence-corrected chi connectivity index (χ3v) is 5.36. The zero-order valence-electron chi connectivity index (χ0n) is 11.4. The Hall–Kier alpha value is -1.69. The number of hydrogen-bond acceptors (Lipinski definition) is 4. The van der Waals surface area contributed by atoms with E-state index in [0.717, 1.165) is 12.8 Å². The number of rotatable bonds is 4. The Morgan fingerprint density at radius 1 is 1.33 bits per heavy atom. The van der Waals surface area contributed by atoms with Crippen LogP contribution in [0.3, 0.4) is 0 Å². The van der Waals surface area contributed by atoms with Gasteiger partial charge < -0.3 is 15.1 Å².